The molecular weight excluding hydrogens is 246 g/mol. The smallest absolute Gasteiger partial charge is 0.210 e. The van der Waals surface area contributed by atoms with E-state index in [0.29, 0.717) is 13.2 Å². The van der Waals surface area contributed by atoms with Gasteiger partial charge >= 0.3 is 0 Å². The second kappa shape index (κ2) is 9.09. The molecule has 0 radical (unpaired) electrons. The Labute approximate surface area is 114 Å². The van der Waals surface area contributed by atoms with E-state index in [4.69, 9.17) is 9.47 Å². The van der Waals surface area contributed by atoms with Gasteiger partial charge in [-0.25, -0.2) is 4.98 Å². The lowest BCUT2D eigenvalue weighted by molar-refractivity contribution is -0.140. The third kappa shape index (κ3) is 5.18. The largest absolute Gasteiger partial charge is 0.347 e. The number of rotatable bonds is 7. The van der Waals surface area contributed by atoms with Gasteiger partial charge in [-0.2, -0.15) is 0 Å². The predicted octanol–water partition coefficient (Wildman–Crippen LogP) is 3.76. The topological polar surface area (TPSA) is 31.4 Å². The van der Waals surface area contributed by atoms with Gasteiger partial charge in [0.25, 0.3) is 0 Å². The molecule has 0 aromatic carbocycles. The van der Waals surface area contributed by atoms with Crippen LogP contribution in [0.4, 0.5) is 0 Å². The van der Waals surface area contributed by atoms with E-state index in [2.05, 4.69) is 23.7 Å². The highest BCUT2D eigenvalue weighted by atomic mass is 32.1. The highest BCUT2D eigenvalue weighted by Crippen LogP contribution is 2.22. The molecule has 18 heavy (non-hydrogen) atoms. The summed E-state index contributed by atoms with van der Waals surface area (Å²) in [5.41, 5.74) is 0.815. The molecule has 0 aliphatic carbocycles. The van der Waals surface area contributed by atoms with Crippen molar-refractivity contribution in [3.8, 4) is 11.8 Å². The standard InChI is InChI=1S/C14H21NO2S/c1-4-7-8-9-10-12-11-18-13(15-12)14(16-5-2)17-6-3/h11,14H,4-8H2,1-3H3. The van der Waals surface area contributed by atoms with Gasteiger partial charge in [0.1, 0.15) is 5.69 Å². The Hall–Kier alpha value is -0.890. The van der Waals surface area contributed by atoms with Crippen LogP contribution in [0.3, 0.4) is 0 Å². The molecule has 3 nitrogen and oxygen atoms in total. The van der Waals surface area contributed by atoms with E-state index in [9.17, 15) is 0 Å². The fourth-order valence-corrected chi connectivity index (χ4v) is 2.11. The van der Waals surface area contributed by atoms with Crippen molar-refractivity contribution in [2.24, 2.45) is 0 Å². The molecule has 0 spiro atoms. The van der Waals surface area contributed by atoms with Crippen molar-refractivity contribution >= 4 is 11.3 Å². The first-order valence-electron chi connectivity index (χ1n) is 6.49. The molecule has 1 heterocycles. The van der Waals surface area contributed by atoms with Crippen LogP contribution < -0.4 is 0 Å². The summed E-state index contributed by atoms with van der Waals surface area (Å²) in [4.78, 5) is 4.44. The summed E-state index contributed by atoms with van der Waals surface area (Å²) in [6.07, 6.45) is 2.90. The number of nitrogens with zero attached hydrogens (tertiary/aromatic N) is 1. The van der Waals surface area contributed by atoms with Crippen LogP contribution >= 0.6 is 11.3 Å². The van der Waals surface area contributed by atoms with Crippen LogP contribution in [0.15, 0.2) is 5.38 Å². The van der Waals surface area contributed by atoms with Crippen LogP contribution in [-0.2, 0) is 9.47 Å². The Kier molecular flexibility index (Phi) is 7.66. The zero-order chi connectivity index (χ0) is 13.2. The molecule has 0 atom stereocenters. The SMILES string of the molecule is CCCCC#Cc1csc(C(OCC)OCC)n1. The van der Waals surface area contributed by atoms with E-state index in [1.165, 1.54) is 17.8 Å². The fraction of sp³-hybridized carbons (Fsp3) is 0.643. The minimum Gasteiger partial charge on any atom is -0.347 e. The molecule has 0 unspecified atom stereocenters. The van der Waals surface area contributed by atoms with Crippen LogP contribution in [0.25, 0.3) is 0 Å². The maximum Gasteiger partial charge on any atom is 0.210 e. The van der Waals surface area contributed by atoms with Crippen molar-refractivity contribution < 1.29 is 9.47 Å². The van der Waals surface area contributed by atoms with Crippen molar-refractivity contribution in [2.45, 2.75) is 46.3 Å². The molecule has 1 aromatic rings. The van der Waals surface area contributed by atoms with Gasteiger partial charge in [0.05, 0.1) is 0 Å². The van der Waals surface area contributed by atoms with Gasteiger partial charge < -0.3 is 9.47 Å². The minimum atomic E-state index is -0.351. The Morgan fingerprint density at radius 2 is 2.00 bits per heavy atom. The Morgan fingerprint density at radius 1 is 1.28 bits per heavy atom. The van der Waals surface area contributed by atoms with Crippen molar-refractivity contribution in [2.75, 3.05) is 13.2 Å². The first kappa shape index (κ1) is 15.2. The highest BCUT2D eigenvalue weighted by molar-refractivity contribution is 7.09. The first-order chi connectivity index (χ1) is 8.81. The summed E-state index contributed by atoms with van der Waals surface area (Å²) in [5, 5.41) is 2.80. The third-order valence-corrected chi connectivity index (χ3v) is 3.10. The molecule has 100 valence electrons. The normalized spacial score (nSPS) is 10.4. The van der Waals surface area contributed by atoms with E-state index in [1.807, 2.05) is 19.2 Å². The van der Waals surface area contributed by atoms with Gasteiger partial charge in [0.15, 0.2) is 5.01 Å². The monoisotopic (exact) mass is 267 g/mol. The van der Waals surface area contributed by atoms with Gasteiger partial charge in [-0.1, -0.05) is 19.3 Å². The van der Waals surface area contributed by atoms with Crippen LogP contribution in [0.2, 0.25) is 0 Å². The second-order valence-corrected chi connectivity index (χ2v) is 4.61. The lowest BCUT2D eigenvalue weighted by atomic mass is 10.2. The molecule has 4 heteroatoms. The minimum absolute atomic E-state index is 0.351. The zero-order valence-corrected chi connectivity index (χ0v) is 12.2. The van der Waals surface area contributed by atoms with Crippen molar-refractivity contribution in [3.05, 3.63) is 16.1 Å². The molecule has 0 N–H and O–H groups in total. The van der Waals surface area contributed by atoms with Crippen LogP contribution in [0.5, 0.6) is 0 Å². The van der Waals surface area contributed by atoms with E-state index in [0.717, 1.165) is 23.5 Å². The number of unbranched alkanes of at least 4 members (excludes halogenated alkanes) is 2. The Morgan fingerprint density at radius 3 is 2.61 bits per heavy atom. The lowest BCUT2D eigenvalue weighted by Crippen LogP contribution is -2.08. The van der Waals surface area contributed by atoms with Crippen molar-refractivity contribution in [3.63, 3.8) is 0 Å². The van der Waals surface area contributed by atoms with E-state index in [1.54, 1.807) is 0 Å². The molecule has 0 fully saturated rings. The van der Waals surface area contributed by atoms with Gasteiger partial charge in [0.2, 0.25) is 6.29 Å². The molecule has 1 rings (SSSR count). The number of ether oxygens (including phenoxy) is 2. The van der Waals surface area contributed by atoms with Crippen molar-refractivity contribution in [1.82, 2.24) is 4.98 Å². The van der Waals surface area contributed by atoms with Crippen LogP contribution in [0, 0.1) is 11.8 Å². The van der Waals surface area contributed by atoms with Gasteiger partial charge in [0, 0.05) is 25.0 Å². The molecule has 0 saturated heterocycles. The van der Waals surface area contributed by atoms with E-state index in [-0.39, 0.29) is 6.29 Å². The summed E-state index contributed by atoms with van der Waals surface area (Å²) in [6, 6.07) is 0. The average molecular weight is 267 g/mol. The molecule has 0 amide bonds. The maximum absolute atomic E-state index is 5.50. The summed E-state index contributed by atoms with van der Waals surface area (Å²) in [7, 11) is 0. The van der Waals surface area contributed by atoms with Crippen LogP contribution in [-0.4, -0.2) is 18.2 Å². The van der Waals surface area contributed by atoms with Gasteiger partial charge in [-0.15, -0.1) is 11.3 Å². The van der Waals surface area contributed by atoms with Gasteiger partial charge in [-0.05, 0) is 26.2 Å². The third-order valence-electron chi connectivity index (χ3n) is 2.23. The zero-order valence-electron chi connectivity index (χ0n) is 11.4. The molecule has 0 saturated carbocycles. The molecule has 0 aliphatic rings. The Balaban J connectivity index is 2.61. The van der Waals surface area contributed by atoms with Crippen LogP contribution in [0.1, 0.15) is 57.0 Å². The predicted molar refractivity (Wildman–Crippen MR) is 74.5 cm³/mol. The molecule has 0 bridgehead atoms. The summed E-state index contributed by atoms with van der Waals surface area (Å²) < 4.78 is 11.0. The summed E-state index contributed by atoms with van der Waals surface area (Å²) >= 11 is 1.54. The van der Waals surface area contributed by atoms with Gasteiger partial charge in [-0.3, -0.25) is 0 Å². The number of aromatic nitrogens is 1. The molecule has 1 aromatic heterocycles. The summed E-state index contributed by atoms with van der Waals surface area (Å²) in [6.45, 7) is 7.29. The summed E-state index contributed by atoms with van der Waals surface area (Å²) in [5.74, 6) is 6.21. The lowest BCUT2D eigenvalue weighted by Gasteiger charge is -2.13. The number of thiazole rings is 1. The maximum atomic E-state index is 5.50. The first-order valence-corrected chi connectivity index (χ1v) is 7.37. The Bertz CT molecular complexity index is 386. The highest BCUT2D eigenvalue weighted by Gasteiger charge is 2.15. The van der Waals surface area contributed by atoms with E-state index >= 15 is 0 Å². The van der Waals surface area contributed by atoms with E-state index < -0.39 is 0 Å². The quantitative estimate of drug-likeness (QED) is 0.428. The number of hydrogen-bond acceptors (Lipinski definition) is 4. The van der Waals surface area contributed by atoms with Crippen molar-refractivity contribution in [1.29, 1.82) is 0 Å². The fourth-order valence-electron chi connectivity index (χ4n) is 1.36. The number of hydrogen-bond donors (Lipinski definition) is 0. The average Bonchev–Trinajstić information content (AvgIpc) is 2.83. The second-order valence-electron chi connectivity index (χ2n) is 3.72. The molecule has 0 aliphatic heterocycles. The molecular formula is C14H21NO2S.